The second kappa shape index (κ2) is 18.3. The summed E-state index contributed by atoms with van der Waals surface area (Å²) in [5.41, 5.74) is 2.11. The number of hydrogen-bond donors (Lipinski definition) is 0. The Morgan fingerprint density at radius 3 is 1.74 bits per heavy atom. The van der Waals surface area contributed by atoms with Crippen molar-refractivity contribution in [1.82, 2.24) is 0 Å². The molecule has 3 aromatic rings. The molecular formula is C33H38O5. The van der Waals surface area contributed by atoms with Crippen LogP contribution in [-0.4, -0.2) is 31.3 Å². The lowest BCUT2D eigenvalue weighted by molar-refractivity contribution is -0.137. The third-order valence-electron chi connectivity index (χ3n) is 5.78. The molecule has 5 nitrogen and oxygen atoms in total. The zero-order chi connectivity index (χ0) is 27.4. The smallest absolute Gasteiger partial charge is 0.330 e. The van der Waals surface area contributed by atoms with Crippen molar-refractivity contribution in [3.8, 4) is 5.75 Å². The maximum absolute atomic E-state index is 11.8. The van der Waals surface area contributed by atoms with Crippen molar-refractivity contribution in [3.05, 3.63) is 108 Å². The zero-order valence-electron chi connectivity index (χ0n) is 22.4. The van der Waals surface area contributed by atoms with Crippen LogP contribution in [0.1, 0.15) is 78.1 Å². The molecule has 0 radical (unpaired) electrons. The van der Waals surface area contributed by atoms with E-state index in [0.717, 1.165) is 24.2 Å². The minimum atomic E-state index is -0.278. The number of methoxy groups -OCH3 is 1. The Kier molecular flexibility index (Phi) is 14.5. The Bertz CT molecular complexity index is 1070. The van der Waals surface area contributed by atoms with E-state index in [1.807, 2.05) is 36.4 Å². The number of ketones is 2. The van der Waals surface area contributed by atoms with Crippen LogP contribution >= 0.6 is 0 Å². The molecule has 0 aliphatic carbocycles. The first-order valence-corrected chi connectivity index (χ1v) is 13.2. The predicted octanol–water partition coefficient (Wildman–Crippen LogP) is 7.75. The summed E-state index contributed by atoms with van der Waals surface area (Å²) in [4.78, 5) is 35.2. The zero-order valence-corrected chi connectivity index (χ0v) is 22.4. The van der Waals surface area contributed by atoms with Crippen LogP contribution < -0.4 is 4.74 Å². The van der Waals surface area contributed by atoms with Gasteiger partial charge in [0.15, 0.2) is 11.6 Å². The average Bonchev–Trinajstić information content (AvgIpc) is 2.97. The molecule has 0 N–H and O–H groups in total. The predicted molar refractivity (Wildman–Crippen MR) is 153 cm³/mol. The van der Waals surface area contributed by atoms with Crippen LogP contribution in [0.2, 0.25) is 0 Å². The molecule has 38 heavy (non-hydrogen) atoms. The highest BCUT2D eigenvalue weighted by Crippen LogP contribution is 2.12. The van der Waals surface area contributed by atoms with Crippen molar-refractivity contribution >= 4 is 23.6 Å². The number of carbonyl (C=O) groups excluding carboxylic acids is 3. The van der Waals surface area contributed by atoms with E-state index in [4.69, 9.17) is 9.47 Å². The van der Waals surface area contributed by atoms with Gasteiger partial charge in [0.05, 0.1) is 20.1 Å². The van der Waals surface area contributed by atoms with Crippen LogP contribution in [0.3, 0.4) is 0 Å². The molecule has 0 aliphatic heterocycles. The highest BCUT2D eigenvalue weighted by atomic mass is 16.5. The van der Waals surface area contributed by atoms with Gasteiger partial charge < -0.3 is 9.47 Å². The summed E-state index contributed by atoms with van der Waals surface area (Å²) in [6, 6.07) is 25.3. The van der Waals surface area contributed by atoms with Gasteiger partial charge in [-0.15, -0.1) is 0 Å². The molecule has 0 amide bonds. The summed E-state index contributed by atoms with van der Waals surface area (Å²) in [7, 11) is 1.63. The molecule has 200 valence electrons. The van der Waals surface area contributed by atoms with E-state index in [-0.39, 0.29) is 24.0 Å². The molecular weight excluding hydrogens is 476 g/mol. The molecule has 0 bridgehead atoms. The van der Waals surface area contributed by atoms with Crippen molar-refractivity contribution in [2.45, 2.75) is 51.9 Å². The van der Waals surface area contributed by atoms with Crippen LogP contribution in [0.25, 0.3) is 6.08 Å². The Labute approximate surface area is 226 Å². The van der Waals surface area contributed by atoms with Crippen LogP contribution in [0, 0.1) is 0 Å². The minimum absolute atomic E-state index is 0.0754. The van der Waals surface area contributed by atoms with Crippen molar-refractivity contribution < 1.29 is 23.9 Å². The largest absolute Gasteiger partial charge is 0.497 e. The Balaban J connectivity index is 0.000000272. The third-order valence-corrected chi connectivity index (χ3v) is 5.78. The van der Waals surface area contributed by atoms with Gasteiger partial charge in [0.25, 0.3) is 0 Å². The molecule has 0 saturated heterocycles. The molecule has 5 heteroatoms. The molecule has 0 atom stereocenters. The van der Waals surface area contributed by atoms with Gasteiger partial charge in [0.2, 0.25) is 0 Å². The quantitative estimate of drug-likeness (QED) is 0.0723. The molecule has 3 rings (SSSR count). The van der Waals surface area contributed by atoms with Gasteiger partial charge in [0.1, 0.15) is 5.75 Å². The van der Waals surface area contributed by atoms with Gasteiger partial charge in [-0.25, -0.2) is 4.79 Å². The number of Topliss-reactive ketones (excluding diaryl/α,β-unsaturated/α-hetero) is 2. The van der Waals surface area contributed by atoms with E-state index in [9.17, 15) is 14.4 Å². The molecule has 0 spiro atoms. The maximum atomic E-state index is 11.8. The number of rotatable bonds is 14. The summed E-state index contributed by atoms with van der Waals surface area (Å²) in [6.45, 7) is 2.72. The van der Waals surface area contributed by atoms with Gasteiger partial charge in [-0.05, 0) is 30.2 Å². The minimum Gasteiger partial charge on any atom is -0.497 e. The number of unbranched alkanes of at least 4 members (excludes halogenated alkanes) is 5. The van der Waals surface area contributed by atoms with E-state index in [1.165, 1.54) is 31.8 Å². The van der Waals surface area contributed by atoms with Gasteiger partial charge in [0, 0.05) is 17.2 Å². The fourth-order valence-corrected chi connectivity index (χ4v) is 3.58. The first-order chi connectivity index (χ1) is 18.5. The first kappa shape index (κ1) is 30.2. The van der Waals surface area contributed by atoms with Crippen molar-refractivity contribution in [1.29, 1.82) is 0 Å². The van der Waals surface area contributed by atoms with E-state index < -0.39 is 0 Å². The van der Waals surface area contributed by atoms with Crippen molar-refractivity contribution in [3.63, 3.8) is 0 Å². The van der Waals surface area contributed by atoms with Crippen LogP contribution in [-0.2, 0) is 9.53 Å². The fourth-order valence-electron chi connectivity index (χ4n) is 3.58. The van der Waals surface area contributed by atoms with Gasteiger partial charge in [-0.3, -0.25) is 9.59 Å². The summed E-state index contributed by atoms with van der Waals surface area (Å²) in [6.07, 6.45) is 10.3. The average molecular weight is 515 g/mol. The number of hydrogen-bond acceptors (Lipinski definition) is 5. The van der Waals surface area contributed by atoms with Gasteiger partial charge in [-0.2, -0.15) is 0 Å². The maximum Gasteiger partial charge on any atom is 0.330 e. The van der Waals surface area contributed by atoms with Crippen molar-refractivity contribution in [2.24, 2.45) is 0 Å². The summed E-state index contributed by atoms with van der Waals surface area (Å²) >= 11 is 0. The second-order valence-corrected chi connectivity index (χ2v) is 8.80. The Morgan fingerprint density at radius 1 is 0.684 bits per heavy atom. The first-order valence-electron chi connectivity index (χ1n) is 13.2. The number of ether oxygens (including phenoxy) is 2. The highest BCUT2D eigenvalue weighted by molar-refractivity contribution is 6.13. The number of carbonyl (C=O) groups is 3. The summed E-state index contributed by atoms with van der Waals surface area (Å²) in [5, 5.41) is 0. The van der Waals surface area contributed by atoms with E-state index in [2.05, 4.69) is 6.92 Å². The van der Waals surface area contributed by atoms with Crippen molar-refractivity contribution in [2.75, 3.05) is 13.7 Å². The lowest BCUT2D eigenvalue weighted by Crippen LogP contribution is -2.08. The Hall–Kier alpha value is -3.99. The summed E-state index contributed by atoms with van der Waals surface area (Å²) in [5.74, 6) is 0.246. The Morgan fingerprint density at radius 2 is 1.21 bits per heavy atom. The molecule has 0 unspecified atom stereocenters. The van der Waals surface area contributed by atoms with Gasteiger partial charge >= 0.3 is 5.97 Å². The second-order valence-electron chi connectivity index (χ2n) is 8.80. The van der Waals surface area contributed by atoms with Gasteiger partial charge in [-0.1, -0.05) is 112 Å². The molecule has 0 saturated carbocycles. The molecule has 0 aliphatic rings. The van der Waals surface area contributed by atoms with Crippen LogP contribution in [0.5, 0.6) is 5.75 Å². The van der Waals surface area contributed by atoms with E-state index >= 15 is 0 Å². The summed E-state index contributed by atoms with van der Waals surface area (Å²) < 4.78 is 10.2. The van der Waals surface area contributed by atoms with E-state index in [1.54, 1.807) is 61.7 Å². The molecule has 3 aromatic carbocycles. The SMILES string of the molecule is CCCCCCCCOC(=O)C=Cc1ccc(OC)cc1.O=C(CC(=O)c1ccccc1)c1ccccc1. The van der Waals surface area contributed by atoms with Crippen LogP contribution in [0.4, 0.5) is 0 Å². The standard InChI is InChI=1S/C18H26O3.C15H12O2/c1-3-4-5-6-7-8-15-21-18(19)14-11-16-9-12-17(20-2)13-10-16;16-14(12-7-3-1-4-8-12)11-15(17)13-9-5-2-6-10-13/h9-14H,3-8,15H2,1-2H3;1-10H,11H2. The highest BCUT2D eigenvalue weighted by Gasteiger charge is 2.12. The number of benzene rings is 3. The monoisotopic (exact) mass is 514 g/mol. The fraction of sp³-hybridized carbons (Fsp3) is 0.303. The van der Waals surface area contributed by atoms with E-state index in [0.29, 0.717) is 17.7 Å². The molecule has 0 heterocycles. The third kappa shape index (κ3) is 12.3. The lowest BCUT2D eigenvalue weighted by atomic mass is 10.0. The lowest BCUT2D eigenvalue weighted by Gasteiger charge is -2.02. The molecule has 0 fully saturated rings. The normalized spacial score (nSPS) is 10.4. The topological polar surface area (TPSA) is 69.7 Å². The number of esters is 1. The van der Waals surface area contributed by atoms with Crippen LogP contribution in [0.15, 0.2) is 91.0 Å². The molecule has 0 aromatic heterocycles.